The molecule has 0 heterocycles. The molecular weight excluding hydrogens is 188 g/mol. The van der Waals surface area contributed by atoms with Gasteiger partial charge in [0.1, 0.15) is 5.75 Å². The van der Waals surface area contributed by atoms with Crippen molar-refractivity contribution in [1.29, 1.82) is 0 Å². The zero-order valence-electron chi connectivity index (χ0n) is 8.78. The minimum Gasteiger partial charge on any atom is -0.427 e. The average Bonchev–Trinajstić information content (AvgIpc) is 2.16. The third-order valence-electron chi connectivity index (χ3n) is 2.23. The number of esters is 1. The molecule has 2 aromatic rings. The van der Waals surface area contributed by atoms with Gasteiger partial charge in [0, 0.05) is 6.92 Å². The number of benzene rings is 2. The number of carbonyl (C=O) groups is 1. The molecule has 0 amide bonds. The smallest absolute Gasteiger partial charge is 0.308 e. The largest absolute Gasteiger partial charge is 0.427 e. The van der Waals surface area contributed by atoms with Gasteiger partial charge in [-0.3, -0.25) is 4.79 Å². The molecule has 0 spiro atoms. The molecule has 0 aliphatic rings. The van der Waals surface area contributed by atoms with Crippen molar-refractivity contribution in [2.75, 3.05) is 0 Å². The summed E-state index contributed by atoms with van der Waals surface area (Å²) in [6, 6.07) is 11.8. The van der Waals surface area contributed by atoms with E-state index in [-0.39, 0.29) is 5.97 Å². The molecule has 2 heteroatoms. The Bertz CT molecular complexity index is 515. The summed E-state index contributed by atoms with van der Waals surface area (Å²) in [5, 5.41) is 2.24. The second-order valence-electron chi connectivity index (χ2n) is 3.61. The van der Waals surface area contributed by atoms with Crippen LogP contribution in [0.2, 0.25) is 0 Å². The molecule has 2 nitrogen and oxygen atoms in total. The molecule has 0 saturated carbocycles. The third kappa shape index (κ3) is 2.15. The summed E-state index contributed by atoms with van der Waals surface area (Å²) in [7, 11) is 0. The molecule has 0 atom stereocenters. The lowest BCUT2D eigenvalue weighted by atomic mass is 10.1. The highest BCUT2D eigenvalue weighted by Gasteiger charge is 2.00. The average molecular weight is 200 g/mol. The van der Waals surface area contributed by atoms with Crippen LogP contribution in [-0.2, 0) is 4.79 Å². The normalized spacial score (nSPS) is 10.3. The summed E-state index contributed by atoms with van der Waals surface area (Å²) >= 11 is 0. The molecule has 76 valence electrons. The van der Waals surface area contributed by atoms with Gasteiger partial charge in [0.05, 0.1) is 0 Å². The van der Waals surface area contributed by atoms with E-state index in [4.69, 9.17) is 4.74 Å². The highest BCUT2D eigenvalue weighted by atomic mass is 16.5. The molecule has 0 N–H and O–H groups in total. The van der Waals surface area contributed by atoms with Crippen LogP contribution in [0.5, 0.6) is 5.75 Å². The number of hydrogen-bond acceptors (Lipinski definition) is 2. The molecule has 0 saturated heterocycles. The Labute approximate surface area is 88.5 Å². The summed E-state index contributed by atoms with van der Waals surface area (Å²) < 4.78 is 5.02. The molecule has 0 aliphatic carbocycles. The van der Waals surface area contributed by atoms with Crippen molar-refractivity contribution in [1.82, 2.24) is 0 Å². The first-order valence-corrected chi connectivity index (χ1v) is 4.84. The Morgan fingerprint density at radius 3 is 2.53 bits per heavy atom. The van der Waals surface area contributed by atoms with E-state index in [1.165, 1.54) is 12.5 Å². The Kier molecular flexibility index (Phi) is 2.42. The predicted octanol–water partition coefficient (Wildman–Crippen LogP) is 3.07. The molecule has 0 fully saturated rings. The van der Waals surface area contributed by atoms with E-state index < -0.39 is 0 Å². The van der Waals surface area contributed by atoms with Crippen molar-refractivity contribution in [2.24, 2.45) is 0 Å². The summed E-state index contributed by atoms with van der Waals surface area (Å²) in [5.74, 6) is 0.308. The third-order valence-corrected chi connectivity index (χ3v) is 2.23. The zero-order valence-corrected chi connectivity index (χ0v) is 8.78. The van der Waals surface area contributed by atoms with E-state index in [0.717, 1.165) is 10.8 Å². The SMILES string of the molecule is CC(=O)Oc1ccc2ccc(C)cc2c1. The first kappa shape index (κ1) is 9.71. The second kappa shape index (κ2) is 3.73. The quantitative estimate of drug-likeness (QED) is 0.522. The second-order valence-corrected chi connectivity index (χ2v) is 3.61. The van der Waals surface area contributed by atoms with E-state index in [1.807, 2.05) is 19.1 Å². The van der Waals surface area contributed by atoms with E-state index in [0.29, 0.717) is 5.75 Å². The van der Waals surface area contributed by atoms with Crippen LogP contribution >= 0.6 is 0 Å². The van der Waals surface area contributed by atoms with Gasteiger partial charge in [-0.05, 0) is 29.8 Å². The molecule has 15 heavy (non-hydrogen) atoms. The van der Waals surface area contributed by atoms with E-state index in [1.54, 1.807) is 6.07 Å². The van der Waals surface area contributed by atoms with Crippen LogP contribution in [0.4, 0.5) is 0 Å². The van der Waals surface area contributed by atoms with Gasteiger partial charge in [0.25, 0.3) is 0 Å². The summed E-state index contributed by atoms with van der Waals surface area (Å²) in [6.07, 6.45) is 0. The van der Waals surface area contributed by atoms with Gasteiger partial charge in [-0.1, -0.05) is 29.8 Å². The fourth-order valence-corrected chi connectivity index (χ4v) is 1.57. The maximum absolute atomic E-state index is 10.8. The first-order valence-electron chi connectivity index (χ1n) is 4.84. The number of fused-ring (bicyclic) bond motifs is 1. The number of aryl methyl sites for hydroxylation is 1. The predicted molar refractivity (Wildman–Crippen MR) is 60.0 cm³/mol. The lowest BCUT2D eigenvalue weighted by Crippen LogP contribution is -2.00. The van der Waals surface area contributed by atoms with Crippen LogP contribution in [-0.4, -0.2) is 5.97 Å². The van der Waals surface area contributed by atoms with Crippen molar-refractivity contribution in [3.63, 3.8) is 0 Å². The summed E-state index contributed by atoms with van der Waals surface area (Å²) in [4.78, 5) is 10.8. The fraction of sp³-hybridized carbons (Fsp3) is 0.154. The van der Waals surface area contributed by atoms with Crippen LogP contribution in [0.1, 0.15) is 12.5 Å². The summed E-state index contributed by atoms with van der Waals surface area (Å²) in [6.45, 7) is 3.44. The van der Waals surface area contributed by atoms with E-state index >= 15 is 0 Å². The topological polar surface area (TPSA) is 26.3 Å². The summed E-state index contributed by atoms with van der Waals surface area (Å²) in [5.41, 5.74) is 1.20. The molecule has 0 bridgehead atoms. The minimum atomic E-state index is -0.290. The van der Waals surface area contributed by atoms with Crippen molar-refractivity contribution in [3.05, 3.63) is 42.0 Å². The van der Waals surface area contributed by atoms with Crippen LogP contribution in [0.15, 0.2) is 36.4 Å². The van der Waals surface area contributed by atoms with Gasteiger partial charge < -0.3 is 4.74 Å². The maximum Gasteiger partial charge on any atom is 0.308 e. The lowest BCUT2D eigenvalue weighted by molar-refractivity contribution is -0.131. The van der Waals surface area contributed by atoms with Crippen molar-refractivity contribution >= 4 is 16.7 Å². The standard InChI is InChI=1S/C13H12O2/c1-9-3-4-11-5-6-13(15-10(2)14)8-12(11)7-9/h3-8H,1-2H3. The van der Waals surface area contributed by atoms with E-state index in [9.17, 15) is 4.79 Å². The number of hydrogen-bond donors (Lipinski definition) is 0. The maximum atomic E-state index is 10.8. The van der Waals surface area contributed by atoms with E-state index in [2.05, 4.69) is 18.2 Å². The molecular formula is C13H12O2. The highest BCUT2D eigenvalue weighted by molar-refractivity contribution is 5.85. The van der Waals surface area contributed by atoms with Gasteiger partial charge in [-0.25, -0.2) is 0 Å². The Hall–Kier alpha value is -1.83. The molecule has 0 aliphatic heterocycles. The Morgan fingerprint density at radius 1 is 1.07 bits per heavy atom. The lowest BCUT2D eigenvalue weighted by Gasteiger charge is -2.03. The number of carbonyl (C=O) groups excluding carboxylic acids is 1. The van der Waals surface area contributed by atoms with Crippen molar-refractivity contribution in [2.45, 2.75) is 13.8 Å². The number of ether oxygens (including phenoxy) is 1. The van der Waals surface area contributed by atoms with Crippen LogP contribution < -0.4 is 4.74 Å². The van der Waals surface area contributed by atoms with Gasteiger partial charge >= 0.3 is 5.97 Å². The zero-order chi connectivity index (χ0) is 10.8. The Balaban J connectivity index is 2.49. The fourth-order valence-electron chi connectivity index (χ4n) is 1.57. The van der Waals surface area contributed by atoms with Crippen molar-refractivity contribution in [3.8, 4) is 5.75 Å². The van der Waals surface area contributed by atoms with Crippen LogP contribution in [0.25, 0.3) is 10.8 Å². The number of rotatable bonds is 1. The molecule has 2 aromatic carbocycles. The highest BCUT2D eigenvalue weighted by Crippen LogP contribution is 2.21. The molecule has 2 rings (SSSR count). The Morgan fingerprint density at radius 2 is 1.80 bits per heavy atom. The van der Waals surface area contributed by atoms with Crippen LogP contribution in [0, 0.1) is 6.92 Å². The van der Waals surface area contributed by atoms with Crippen molar-refractivity contribution < 1.29 is 9.53 Å². The first-order chi connectivity index (χ1) is 7.15. The van der Waals surface area contributed by atoms with Gasteiger partial charge in [0.15, 0.2) is 0 Å². The van der Waals surface area contributed by atoms with Gasteiger partial charge in [-0.15, -0.1) is 0 Å². The molecule has 0 radical (unpaired) electrons. The monoisotopic (exact) mass is 200 g/mol. The minimum absolute atomic E-state index is 0.290. The van der Waals surface area contributed by atoms with Crippen LogP contribution in [0.3, 0.4) is 0 Å². The molecule has 0 aromatic heterocycles. The molecule has 0 unspecified atom stereocenters. The van der Waals surface area contributed by atoms with Gasteiger partial charge in [-0.2, -0.15) is 0 Å². The van der Waals surface area contributed by atoms with Gasteiger partial charge in [0.2, 0.25) is 0 Å².